The van der Waals surface area contributed by atoms with E-state index in [0.717, 1.165) is 5.56 Å². The number of hydrogen-bond donors (Lipinski definition) is 2. The predicted molar refractivity (Wildman–Crippen MR) is 81.1 cm³/mol. The van der Waals surface area contributed by atoms with Crippen molar-refractivity contribution in [1.82, 2.24) is 5.32 Å². The summed E-state index contributed by atoms with van der Waals surface area (Å²) < 4.78 is 0. The van der Waals surface area contributed by atoms with Crippen molar-refractivity contribution in [3.8, 4) is 0 Å². The van der Waals surface area contributed by atoms with Crippen LogP contribution in [-0.2, 0) is 20.8 Å². The third-order valence-electron chi connectivity index (χ3n) is 3.52. The first-order chi connectivity index (χ1) is 10.6. The van der Waals surface area contributed by atoms with Crippen molar-refractivity contribution in [2.45, 2.75) is 12.3 Å². The van der Waals surface area contributed by atoms with Crippen LogP contribution in [-0.4, -0.2) is 17.7 Å². The van der Waals surface area contributed by atoms with E-state index in [2.05, 4.69) is 10.6 Å². The number of para-hydroxylation sites is 1. The number of carbonyl (C=O) groups is 3. The molecule has 2 aromatic carbocycles. The van der Waals surface area contributed by atoms with Gasteiger partial charge in [-0.15, -0.1) is 0 Å². The van der Waals surface area contributed by atoms with Crippen molar-refractivity contribution in [2.24, 2.45) is 0 Å². The molecular formula is C17H14N2O3. The minimum Gasteiger partial charge on any atom is -0.325 e. The summed E-state index contributed by atoms with van der Waals surface area (Å²) in [5.74, 6) is -2.40. The summed E-state index contributed by atoms with van der Waals surface area (Å²) >= 11 is 0. The Morgan fingerprint density at radius 1 is 1.00 bits per heavy atom. The van der Waals surface area contributed by atoms with Gasteiger partial charge in [0.15, 0.2) is 0 Å². The highest BCUT2D eigenvalue weighted by Crippen LogP contribution is 2.32. The fourth-order valence-corrected chi connectivity index (χ4v) is 2.50. The van der Waals surface area contributed by atoms with Gasteiger partial charge in [0.05, 0.1) is 6.42 Å². The van der Waals surface area contributed by atoms with Gasteiger partial charge >= 0.3 is 0 Å². The average Bonchev–Trinajstić information content (AvgIpc) is 2.83. The van der Waals surface area contributed by atoms with Crippen LogP contribution in [0.4, 0.5) is 5.69 Å². The molecule has 0 bridgehead atoms. The molecule has 0 radical (unpaired) electrons. The lowest BCUT2D eigenvalue weighted by molar-refractivity contribution is -0.133. The molecule has 3 amide bonds. The standard InChI is InChI=1S/C17H14N2O3/c20-14(10-11-6-2-1-3-7-11)19-17(22)15-12-8-4-5-9-13(12)18-16(15)21/h1-9,15H,10H2,(H,18,21)(H,19,20,22). The Morgan fingerprint density at radius 2 is 1.68 bits per heavy atom. The van der Waals surface area contributed by atoms with Crippen molar-refractivity contribution in [1.29, 1.82) is 0 Å². The van der Waals surface area contributed by atoms with E-state index in [1.165, 1.54) is 0 Å². The number of fused-ring (bicyclic) bond motifs is 1. The average molecular weight is 294 g/mol. The molecule has 1 atom stereocenters. The molecule has 1 aliphatic heterocycles. The SMILES string of the molecule is O=C(Cc1ccccc1)NC(=O)C1C(=O)Nc2ccccc21. The monoisotopic (exact) mass is 294 g/mol. The maximum absolute atomic E-state index is 12.2. The van der Waals surface area contributed by atoms with Gasteiger partial charge in [0, 0.05) is 5.69 Å². The Kier molecular flexibility index (Phi) is 3.70. The van der Waals surface area contributed by atoms with Crippen molar-refractivity contribution in [3.05, 3.63) is 65.7 Å². The number of carbonyl (C=O) groups excluding carboxylic acids is 3. The summed E-state index contributed by atoms with van der Waals surface area (Å²) in [4.78, 5) is 36.1. The molecular weight excluding hydrogens is 280 g/mol. The molecule has 5 nitrogen and oxygen atoms in total. The van der Waals surface area contributed by atoms with Crippen LogP contribution in [0.1, 0.15) is 17.0 Å². The number of benzene rings is 2. The summed E-state index contributed by atoms with van der Waals surface area (Å²) in [5, 5.41) is 4.94. The molecule has 0 saturated carbocycles. The Hall–Kier alpha value is -2.95. The first kappa shape index (κ1) is 14.0. The first-order valence-electron chi connectivity index (χ1n) is 6.92. The Bertz CT molecular complexity index is 741. The number of amides is 3. The highest BCUT2D eigenvalue weighted by molar-refractivity contribution is 6.18. The van der Waals surface area contributed by atoms with E-state index in [9.17, 15) is 14.4 Å². The minimum absolute atomic E-state index is 0.0998. The number of anilines is 1. The molecule has 1 aliphatic rings. The fourth-order valence-electron chi connectivity index (χ4n) is 2.50. The molecule has 0 spiro atoms. The second-order valence-corrected chi connectivity index (χ2v) is 5.08. The number of imide groups is 1. The zero-order chi connectivity index (χ0) is 15.5. The predicted octanol–water partition coefficient (Wildman–Crippen LogP) is 1.61. The summed E-state index contributed by atoms with van der Waals surface area (Å²) in [6, 6.07) is 16.1. The lowest BCUT2D eigenvalue weighted by Gasteiger charge is -2.09. The largest absolute Gasteiger partial charge is 0.325 e. The van der Waals surface area contributed by atoms with E-state index < -0.39 is 23.6 Å². The highest BCUT2D eigenvalue weighted by atomic mass is 16.2. The smallest absolute Gasteiger partial charge is 0.243 e. The van der Waals surface area contributed by atoms with E-state index in [-0.39, 0.29) is 6.42 Å². The van der Waals surface area contributed by atoms with Crippen LogP contribution in [0.2, 0.25) is 0 Å². The second kappa shape index (κ2) is 5.81. The summed E-state index contributed by atoms with van der Waals surface area (Å²) in [7, 11) is 0. The van der Waals surface area contributed by atoms with Gasteiger partial charge in [-0.3, -0.25) is 19.7 Å². The lowest BCUT2D eigenvalue weighted by Crippen LogP contribution is -2.38. The summed E-state index contributed by atoms with van der Waals surface area (Å²) in [6.45, 7) is 0. The molecule has 22 heavy (non-hydrogen) atoms. The molecule has 3 rings (SSSR count). The molecule has 0 aliphatic carbocycles. The molecule has 5 heteroatoms. The number of nitrogens with one attached hydrogen (secondary N) is 2. The quantitative estimate of drug-likeness (QED) is 0.844. The second-order valence-electron chi connectivity index (χ2n) is 5.08. The maximum Gasteiger partial charge on any atom is 0.243 e. The van der Waals surface area contributed by atoms with Gasteiger partial charge in [-0.05, 0) is 17.2 Å². The number of rotatable bonds is 3. The summed E-state index contributed by atoms with van der Waals surface area (Å²) in [6.07, 6.45) is 0.0998. The van der Waals surface area contributed by atoms with Crippen LogP contribution < -0.4 is 10.6 Å². The van der Waals surface area contributed by atoms with Crippen LogP contribution in [0.25, 0.3) is 0 Å². The van der Waals surface area contributed by atoms with E-state index in [4.69, 9.17) is 0 Å². The van der Waals surface area contributed by atoms with Gasteiger partial charge in [-0.25, -0.2) is 0 Å². The highest BCUT2D eigenvalue weighted by Gasteiger charge is 2.36. The number of hydrogen-bond acceptors (Lipinski definition) is 3. The van der Waals surface area contributed by atoms with E-state index in [1.807, 2.05) is 30.3 Å². The molecule has 2 aromatic rings. The fraction of sp³-hybridized carbons (Fsp3) is 0.118. The van der Waals surface area contributed by atoms with Gasteiger partial charge in [-0.2, -0.15) is 0 Å². The third-order valence-corrected chi connectivity index (χ3v) is 3.52. The van der Waals surface area contributed by atoms with E-state index >= 15 is 0 Å². The minimum atomic E-state index is -0.976. The first-order valence-corrected chi connectivity index (χ1v) is 6.92. The topological polar surface area (TPSA) is 75.3 Å². The maximum atomic E-state index is 12.2. The van der Waals surface area contributed by atoms with Crippen molar-refractivity contribution < 1.29 is 14.4 Å². The molecule has 1 unspecified atom stereocenters. The zero-order valence-electron chi connectivity index (χ0n) is 11.7. The Morgan fingerprint density at radius 3 is 2.45 bits per heavy atom. The van der Waals surface area contributed by atoms with E-state index in [0.29, 0.717) is 11.3 Å². The molecule has 0 saturated heterocycles. The molecule has 1 heterocycles. The van der Waals surface area contributed by atoms with Crippen molar-refractivity contribution in [3.63, 3.8) is 0 Å². The third kappa shape index (κ3) is 2.74. The van der Waals surface area contributed by atoms with Gasteiger partial charge in [0.1, 0.15) is 5.92 Å². The van der Waals surface area contributed by atoms with Crippen molar-refractivity contribution >= 4 is 23.4 Å². The summed E-state index contributed by atoms with van der Waals surface area (Å²) in [5.41, 5.74) is 2.02. The van der Waals surface area contributed by atoms with Crippen LogP contribution in [0, 0.1) is 0 Å². The van der Waals surface area contributed by atoms with Crippen LogP contribution in [0.15, 0.2) is 54.6 Å². The van der Waals surface area contributed by atoms with Gasteiger partial charge < -0.3 is 5.32 Å². The van der Waals surface area contributed by atoms with E-state index in [1.54, 1.807) is 24.3 Å². The lowest BCUT2D eigenvalue weighted by atomic mass is 10.00. The van der Waals surface area contributed by atoms with Crippen LogP contribution in [0.5, 0.6) is 0 Å². The van der Waals surface area contributed by atoms with Crippen molar-refractivity contribution in [2.75, 3.05) is 5.32 Å². The molecule has 0 aromatic heterocycles. The molecule has 2 N–H and O–H groups in total. The zero-order valence-corrected chi connectivity index (χ0v) is 11.7. The van der Waals surface area contributed by atoms with Gasteiger partial charge in [0.2, 0.25) is 17.7 Å². The molecule has 110 valence electrons. The van der Waals surface area contributed by atoms with Gasteiger partial charge in [0.25, 0.3) is 0 Å². The van der Waals surface area contributed by atoms with Crippen LogP contribution in [0.3, 0.4) is 0 Å². The van der Waals surface area contributed by atoms with Crippen LogP contribution >= 0.6 is 0 Å². The normalized spacial score (nSPS) is 15.8. The van der Waals surface area contributed by atoms with Gasteiger partial charge in [-0.1, -0.05) is 48.5 Å². The Balaban J connectivity index is 1.70. The molecule has 0 fully saturated rings. The Labute approximate surface area is 127 Å².